The highest BCUT2D eigenvalue weighted by Gasteiger charge is 2.33. The maximum absolute atomic E-state index is 11.1. The van der Waals surface area contributed by atoms with Crippen molar-refractivity contribution in [3.8, 4) is 17.4 Å². The van der Waals surface area contributed by atoms with Crippen LogP contribution in [-0.4, -0.2) is 41.7 Å². The Hall–Kier alpha value is -2.86. The number of hydrogen-bond acceptors (Lipinski definition) is 5. The molecule has 0 spiro atoms. The van der Waals surface area contributed by atoms with Crippen molar-refractivity contribution < 1.29 is 14.6 Å². The SMILES string of the molecule is COc1cccc2c1CC(=CCCN1CCC(O)(c3ccc(Cl)cc3)CC1)c1cccnc1O2. The molecule has 0 saturated carbocycles. The Kier molecular flexibility index (Phi) is 6.59. The van der Waals surface area contributed by atoms with Gasteiger partial charge in [-0.2, -0.15) is 0 Å². The van der Waals surface area contributed by atoms with Crippen molar-refractivity contribution in [2.75, 3.05) is 26.7 Å². The van der Waals surface area contributed by atoms with Crippen LogP contribution >= 0.6 is 11.6 Å². The second kappa shape index (κ2) is 9.79. The largest absolute Gasteiger partial charge is 0.496 e. The number of pyridine rings is 1. The van der Waals surface area contributed by atoms with Crippen LogP contribution in [0.5, 0.6) is 17.4 Å². The Morgan fingerprint density at radius 2 is 1.91 bits per heavy atom. The van der Waals surface area contributed by atoms with Gasteiger partial charge < -0.3 is 19.5 Å². The predicted octanol–water partition coefficient (Wildman–Crippen LogP) is 5.85. The van der Waals surface area contributed by atoms with E-state index in [9.17, 15) is 5.11 Å². The van der Waals surface area contributed by atoms with Crippen LogP contribution in [-0.2, 0) is 12.0 Å². The summed E-state index contributed by atoms with van der Waals surface area (Å²) in [6.07, 6.45) is 7.14. The van der Waals surface area contributed by atoms with E-state index in [-0.39, 0.29) is 0 Å². The Balaban J connectivity index is 1.28. The van der Waals surface area contributed by atoms with E-state index >= 15 is 0 Å². The molecule has 0 unspecified atom stereocenters. The Bertz CT molecular complexity index is 1180. The highest BCUT2D eigenvalue weighted by Crippen LogP contribution is 2.41. The van der Waals surface area contributed by atoms with Gasteiger partial charge in [-0.3, -0.25) is 0 Å². The zero-order chi connectivity index (χ0) is 23.5. The minimum atomic E-state index is -0.775. The minimum Gasteiger partial charge on any atom is -0.496 e. The van der Waals surface area contributed by atoms with Gasteiger partial charge in [0.2, 0.25) is 5.88 Å². The number of hydrogen-bond donors (Lipinski definition) is 1. The van der Waals surface area contributed by atoms with Gasteiger partial charge in [-0.1, -0.05) is 35.9 Å². The first-order valence-electron chi connectivity index (χ1n) is 11.7. The maximum Gasteiger partial charge on any atom is 0.226 e. The third kappa shape index (κ3) is 4.69. The van der Waals surface area contributed by atoms with E-state index in [2.05, 4.69) is 22.0 Å². The highest BCUT2D eigenvalue weighted by molar-refractivity contribution is 6.30. The highest BCUT2D eigenvalue weighted by atomic mass is 35.5. The quantitative estimate of drug-likeness (QED) is 0.500. The number of ether oxygens (including phenoxy) is 2. The first-order valence-corrected chi connectivity index (χ1v) is 12.1. The van der Waals surface area contributed by atoms with Crippen LogP contribution in [0, 0.1) is 0 Å². The number of nitrogens with zero attached hydrogens (tertiary/aromatic N) is 2. The molecule has 3 heterocycles. The molecule has 0 amide bonds. The lowest BCUT2D eigenvalue weighted by Crippen LogP contribution is -2.42. The summed E-state index contributed by atoms with van der Waals surface area (Å²) >= 11 is 6.01. The van der Waals surface area contributed by atoms with Gasteiger partial charge in [0.1, 0.15) is 11.5 Å². The molecule has 1 fully saturated rings. The summed E-state index contributed by atoms with van der Waals surface area (Å²) in [5.74, 6) is 2.25. The summed E-state index contributed by atoms with van der Waals surface area (Å²) in [6, 6.07) is 17.5. The number of benzene rings is 2. The molecule has 1 aromatic heterocycles. The second-order valence-electron chi connectivity index (χ2n) is 8.97. The molecule has 176 valence electrons. The van der Waals surface area contributed by atoms with Gasteiger partial charge in [-0.05, 0) is 66.8 Å². The van der Waals surface area contributed by atoms with Crippen LogP contribution in [0.2, 0.25) is 5.02 Å². The van der Waals surface area contributed by atoms with E-state index in [0.717, 1.165) is 73.5 Å². The molecular formula is C28H29ClN2O3. The average Bonchev–Trinajstić information content (AvgIpc) is 3.02. The van der Waals surface area contributed by atoms with Crippen LogP contribution in [0.15, 0.2) is 66.9 Å². The van der Waals surface area contributed by atoms with Gasteiger partial charge in [0.05, 0.1) is 12.7 Å². The predicted molar refractivity (Wildman–Crippen MR) is 135 cm³/mol. The summed E-state index contributed by atoms with van der Waals surface area (Å²) < 4.78 is 11.8. The van der Waals surface area contributed by atoms with Crippen molar-refractivity contribution in [1.82, 2.24) is 9.88 Å². The molecule has 0 aliphatic carbocycles. The molecule has 1 saturated heterocycles. The molecule has 0 radical (unpaired) electrons. The molecule has 34 heavy (non-hydrogen) atoms. The molecule has 0 atom stereocenters. The van der Waals surface area contributed by atoms with Crippen LogP contribution in [0.3, 0.4) is 0 Å². The molecule has 3 aromatic rings. The van der Waals surface area contributed by atoms with Crippen LogP contribution < -0.4 is 9.47 Å². The molecule has 5 rings (SSSR count). The summed E-state index contributed by atoms with van der Waals surface area (Å²) in [7, 11) is 1.69. The van der Waals surface area contributed by atoms with Gasteiger partial charge in [0.15, 0.2) is 0 Å². The minimum absolute atomic E-state index is 0.631. The number of fused-ring (bicyclic) bond motifs is 2. The monoisotopic (exact) mass is 476 g/mol. The van der Waals surface area contributed by atoms with E-state index in [4.69, 9.17) is 21.1 Å². The third-order valence-electron chi connectivity index (χ3n) is 6.90. The van der Waals surface area contributed by atoms with E-state index in [1.165, 1.54) is 5.57 Å². The number of piperidine rings is 1. The summed E-state index contributed by atoms with van der Waals surface area (Å²) in [5.41, 5.74) is 3.44. The number of methoxy groups -OCH3 is 1. The number of likely N-dealkylation sites (tertiary alicyclic amines) is 1. The van der Waals surface area contributed by atoms with Gasteiger partial charge in [0.25, 0.3) is 0 Å². The van der Waals surface area contributed by atoms with Crippen molar-refractivity contribution in [2.45, 2.75) is 31.3 Å². The normalized spacial score (nSPS) is 18.5. The maximum atomic E-state index is 11.1. The lowest BCUT2D eigenvalue weighted by Gasteiger charge is -2.38. The summed E-state index contributed by atoms with van der Waals surface area (Å²) in [6.45, 7) is 2.66. The molecule has 2 aliphatic heterocycles. The average molecular weight is 477 g/mol. The molecular weight excluding hydrogens is 448 g/mol. The Labute approximate surface area is 205 Å². The summed E-state index contributed by atoms with van der Waals surface area (Å²) in [4.78, 5) is 6.91. The zero-order valence-corrected chi connectivity index (χ0v) is 20.1. The van der Waals surface area contributed by atoms with E-state index in [1.807, 2.05) is 48.5 Å². The number of aliphatic hydroxyl groups is 1. The van der Waals surface area contributed by atoms with E-state index < -0.39 is 5.60 Å². The van der Waals surface area contributed by atoms with Gasteiger partial charge in [-0.25, -0.2) is 4.98 Å². The lowest BCUT2D eigenvalue weighted by molar-refractivity contribution is -0.0254. The van der Waals surface area contributed by atoms with Gasteiger partial charge in [0, 0.05) is 48.4 Å². The lowest BCUT2D eigenvalue weighted by atomic mass is 9.84. The van der Waals surface area contributed by atoms with Crippen molar-refractivity contribution in [3.05, 3.63) is 88.6 Å². The van der Waals surface area contributed by atoms with Gasteiger partial charge in [-0.15, -0.1) is 0 Å². The smallest absolute Gasteiger partial charge is 0.226 e. The standard InChI is InChI=1S/C28H29ClN2O3/c1-33-25-7-2-8-26-24(25)19-20(23-6-3-15-30-27(23)34-26)5-4-16-31-17-13-28(32,14-18-31)21-9-11-22(29)12-10-21/h2-3,5-12,15,32H,4,13-14,16-19H2,1H3. The third-order valence-corrected chi connectivity index (χ3v) is 7.15. The van der Waals surface area contributed by atoms with Crippen molar-refractivity contribution in [1.29, 1.82) is 0 Å². The second-order valence-corrected chi connectivity index (χ2v) is 9.41. The molecule has 0 bridgehead atoms. The fourth-order valence-corrected chi connectivity index (χ4v) is 5.04. The fraction of sp³-hybridized carbons (Fsp3) is 0.321. The van der Waals surface area contributed by atoms with E-state index in [1.54, 1.807) is 13.3 Å². The molecule has 2 aromatic carbocycles. The van der Waals surface area contributed by atoms with Crippen molar-refractivity contribution >= 4 is 17.2 Å². The van der Waals surface area contributed by atoms with Crippen LogP contribution in [0.4, 0.5) is 0 Å². The molecule has 1 N–H and O–H groups in total. The van der Waals surface area contributed by atoms with Gasteiger partial charge >= 0.3 is 0 Å². The molecule has 6 heteroatoms. The first-order chi connectivity index (χ1) is 16.6. The number of aromatic nitrogens is 1. The number of halogens is 1. The number of rotatable bonds is 5. The van der Waals surface area contributed by atoms with E-state index in [0.29, 0.717) is 10.9 Å². The fourth-order valence-electron chi connectivity index (χ4n) is 4.91. The Morgan fingerprint density at radius 3 is 2.68 bits per heavy atom. The zero-order valence-electron chi connectivity index (χ0n) is 19.3. The molecule has 5 nitrogen and oxygen atoms in total. The molecule has 2 aliphatic rings. The van der Waals surface area contributed by atoms with Crippen LogP contribution in [0.1, 0.15) is 36.0 Å². The Morgan fingerprint density at radius 1 is 1.12 bits per heavy atom. The first kappa shape index (κ1) is 22.9. The van der Waals surface area contributed by atoms with Crippen molar-refractivity contribution in [2.24, 2.45) is 0 Å². The summed E-state index contributed by atoms with van der Waals surface area (Å²) in [5, 5.41) is 11.8. The number of allylic oxidation sites excluding steroid dienone is 1. The topological polar surface area (TPSA) is 54.8 Å². The van der Waals surface area contributed by atoms with Crippen molar-refractivity contribution in [3.63, 3.8) is 0 Å². The van der Waals surface area contributed by atoms with Crippen LogP contribution in [0.25, 0.3) is 5.57 Å².